The molecule has 0 saturated carbocycles. The third-order valence-corrected chi connectivity index (χ3v) is 3.91. The number of aromatic nitrogens is 1. The van der Waals surface area contributed by atoms with Crippen LogP contribution in [0.25, 0.3) is 10.9 Å². The molecule has 0 spiro atoms. The summed E-state index contributed by atoms with van der Waals surface area (Å²) >= 11 is 11.9. The van der Waals surface area contributed by atoms with Gasteiger partial charge >= 0.3 is 0 Å². The smallest absolute Gasteiger partial charge is 0.257 e. The van der Waals surface area contributed by atoms with Crippen molar-refractivity contribution < 1.29 is 9.18 Å². The van der Waals surface area contributed by atoms with E-state index >= 15 is 0 Å². The number of hydrogen-bond donors (Lipinski definition) is 2. The highest BCUT2D eigenvalue weighted by molar-refractivity contribution is 6.44. The van der Waals surface area contributed by atoms with E-state index < -0.39 is 0 Å². The van der Waals surface area contributed by atoms with Crippen molar-refractivity contribution in [2.75, 3.05) is 5.32 Å². The van der Waals surface area contributed by atoms with E-state index in [1.165, 1.54) is 18.3 Å². The number of fused-ring (bicyclic) bond motifs is 1. The number of nitrogens with one attached hydrogen (secondary N) is 2. The number of benzene rings is 2. The molecule has 3 nitrogen and oxygen atoms in total. The normalized spacial score (nSPS) is 10.8. The van der Waals surface area contributed by atoms with Gasteiger partial charge in [-0.2, -0.15) is 0 Å². The second-order valence-corrected chi connectivity index (χ2v) is 5.23. The minimum absolute atomic E-state index is 0.276. The summed E-state index contributed by atoms with van der Waals surface area (Å²) in [5, 5.41) is 3.96. The summed E-state index contributed by atoms with van der Waals surface area (Å²) in [4.78, 5) is 15.2. The summed E-state index contributed by atoms with van der Waals surface area (Å²) in [5.74, 6) is -0.716. The van der Waals surface area contributed by atoms with Crippen molar-refractivity contribution >= 4 is 45.7 Å². The largest absolute Gasteiger partial charge is 0.360 e. The maximum Gasteiger partial charge on any atom is 0.257 e. The van der Waals surface area contributed by atoms with Crippen LogP contribution in [0, 0.1) is 5.82 Å². The first-order valence-corrected chi connectivity index (χ1v) is 6.84. The van der Waals surface area contributed by atoms with Crippen LogP contribution in [-0.4, -0.2) is 10.9 Å². The van der Waals surface area contributed by atoms with E-state index in [4.69, 9.17) is 23.2 Å². The fourth-order valence-corrected chi connectivity index (χ4v) is 2.42. The Balaban J connectivity index is 1.96. The van der Waals surface area contributed by atoms with Gasteiger partial charge in [0.2, 0.25) is 0 Å². The monoisotopic (exact) mass is 322 g/mol. The molecule has 0 saturated heterocycles. The number of aromatic amines is 1. The Morgan fingerprint density at radius 3 is 2.81 bits per heavy atom. The van der Waals surface area contributed by atoms with Crippen molar-refractivity contribution in [2.24, 2.45) is 0 Å². The molecule has 1 aromatic heterocycles. The number of carbonyl (C=O) groups excluding carboxylic acids is 1. The standard InChI is InChI=1S/C15H9Cl2FN2O/c16-11-2-1-3-12(14(11)17)20-15(21)10-7-19-13-6-8(18)4-5-9(10)13/h1-7,19H,(H,20,21). The Hall–Kier alpha value is -2.04. The molecule has 3 aromatic rings. The van der Waals surface area contributed by atoms with Crippen LogP contribution < -0.4 is 5.32 Å². The zero-order chi connectivity index (χ0) is 15.0. The Bertz CT molecular complexity index is 845. The van der Waals surface area contributed by atoms with Crippen LogP contribution in [-0.2, 0) is 0 Å². The van der Waals surface area contributed by atoms with Crippen molar-refractivity contribution in [3.63, 3.8) is 0 Å². The average Bonchev–Trinajstić information content (AvgIpc) is 2.86. The molecule has 0 aliphatic rings. The maximum absolute atomic E-state index is 13.1. The predicted octanol–water partition coefficient (Wildman–Crippen LogP) is 4.87. The fourth-order valence-electron chi connectivity index (χ4n) is 2.08. The number of hydrogen-bond acceptors (Lipinski definition) is 1. The van der Waals surface area contributed by atoms with E-state index in [-0.39, 0.29) is 16.7 Å². The lowest BCUT2D eigenvalue weighted by atomic mass is 10.1. The molecular formula is C15H9Cl2FN2O. The molecule has 6 heteroatoms. The summed E-state index contributed by atoms with van der Waals surface area (Å²) < 4.78 is 13.1. The van der Waals surface area contributed by atoms with Crippen LogP contribution in [0.15, 0.2) is 42.6 Å². The predicted molar refractivity (Wildman–Crippen MR) is 82.7 cm³/mol. The molecule has 1 heterocycles. The van der Waals surface area contributed by atoms with Crippen LogP contribution >= 0.6 is 23.2 Å². The first-order chi connectivity index (χ1) is 10.1. The van der Waals surface area contributed by atoms with Crippen molar-refractivity contribution in [1.82, 2.24) is 4.98 Å². The lowest BCUT2D eigenvalue weighted by molar-refractivity contribution is 0.102. The Morgan fingerprint density at radius 1 is 1.19 bits per heavy atom. The van der Waals surface area contributed by atoms with Gasteiger partial charge in [-0.3, -0.25) is 4.79 Å². The molecule has 0 atom stereocenters. The topological polar surface area (TPSA) is 44.9 Å². The number of H-pyrrole nitrogens is 1. The minimum atomic E-state index is -0.366. The molecule has 21 heavy (non-hydrogen) atoms. The highest BCUT2D eigenvalue weighted by Crippen LogP contribution is 2.30. The first-order valence-electron chi connectivity index (χ1n) is 6.08. The first kappa shape index (κ1) is 13.9. The third kappa shape index (κ3) is 2.60. The van der Waals surface area contributed by atoms with Crippen LogP contribution in [0.1, 0.15) is 10.4 Å². The maximum atomic E-state index is 13.1. The highest BCUT2D eigenvalue weighted by atomic mass is 35.5. The zero-order valence-corrected chi connectivity index (χ0v) is 12.1. The van der Waals surface area contributed by atoms with Crippen LogP contribution in [0.4, 0.5) is 10.1 Å². The van der Waals surface area contributed by atoms with E-state index in [9.17, 15) is 9.18 Å². The molecule has 2 aromatic carbocycles. The Morgan fingerprint density at radius 2 is 2.00 bits per heavy atom. The van der Waals surface area contributed by atoms with Gasteiger partial charge in [0.05, 0.1) is 21.3 Å². The van der Waals surface area contributed by atoms with Gasteiger partial charge in [-0.15, -0.1) is 0 Å². The lowest BCUT2D eigenvalue weighted by Gasteiger charge is -2.07. The van der Waals surface area contributed by atoms with Crippen LogP contribution in [0.5, 0.6) is 0 Å². The molecule has 0 bridgehead atoms. The van der Waals surface area contributed by atoms with Gasteiger partial charge in [0, 0.05) is 17.1 Å². The van der Waals surface area contributed by atoms with Gasteiger partial charge in [-0.05, 0) is 30.3 Å². The van der Waals surface area contributed by atoms with E-state index in [1.807, 2.05) is 0 Å². The molecule has 0 aliphatic heterocycles. The number of carbonyl (C=O) groups is 1. The minimum Gasteiger partial charge on any atom is -0.360 e. The van der Waals surface area contributed by atoms with Crippen molar-refractivity contribution in [3.8, 4) is 0 Å². The summed E-state index contributed by atoms with van der Waals surface area (Å²) in [7, 11) is 0. The van der Waals surface area contributed by atoms with Gasteiger partial charge in [-0.1, -0.05) is 29.3 Å². The zero-order valence-electron chi connectivity index (χ0n) is 10.6. The molecule has 106 valence electrons. The summed E-state index contributed by atoms with van der Waals surface area (Å²) in [6.07, 6.45) is 1.53. The quantitative estimate of drug-likeness (QED) is 0.694. The number of halogens is 3. The summed E-state index contributed by atoms with van der Waals surface area (Å²) in [6.45, 7) is 0. The number of amides is 1. The second-order valence-electron chi connectivity index (χ2n) is 4.45. The van der Waals surface area contributed by atoms with Gasteiger partial charge in [0.25, 0.3) is 5.91 Å². The molecule has 1 amide bonds. The van der Waals surface area contributed by atoms with E-state index in [1.54, 1.807) is 24.3 Å². The summed E-state index contributed by atoms with van der Waals surface area (Å²) in [5.41, 5.74) is 1.38. The van der Waals surface area contributed by atoms with Crippen molar-refractivity contribution in [2.45, 2.75) is 0 Å². The van der Waals surface area contributed by atoms with E-state index in [0.29, 0.717) is 27.2 Å². The molecule has 0 radical (unpaired) electrons. The van der Waals surface area contributed by atoms with Gasteiger partial charge in [0.1, 0.15) is 5.82 Å². The molecule has 0 aliphatic carbocycles. The molecule has 2 N–H and O–H groups in total. The molecule has 0 unspecified atom stereocenters. The second kappa shape index (κ2) is 5.39. The highest BCUT2D eigenvalue weighted by Gasteiger charge is 2.14. The van der Waals surface area contributed by atoms with E-state index in [0.717, 1.165) is 0 Å². The third-order valence-electron chi connectivity index (χ3n) is 3.09. The summed E-state index contributed by atoms with van der Waals surface area (Å²) in [6, 6.07) is 9.16. The average molecular weight is 323 g/mol. The lowest BCUT2D eigenvalue weighted by Crippen LogP contribution is -2.11. The van der Waals surface area contributed by atoms with Crippen molar-refractivity contribution in [3.05, 3.63) is 64.0 Å². The SMILES string of the molecule is O=C(Nc1cccc(Cl)c1Cl)c1c[nH]c2cc(F)ccc12. The number of rotatable bonds is 2. The number of anilines is 1. The Labute approximate surface area is 129 Å². The van der Waals surface area contributed by atoms with Crippen LogP contribution in [0.2, 0.25) is 10.0 Å². The molecule has 0 fully saturated rings. The van der Waals surface area contributed by atoms with Gasteiger partial charge in [0.15, 0.2) is 0 Å². The van der Waals surface area contributed by atoms with E-state index in [2.05, 4.69) is 10.3 Å². The molecule has 3 rings (SSSR count). The van der Waals surface area contributed by atoms with Crippen molar-refractivity contribution in [1.29, 1.82) is 0 Å². The fraction of sp³-hybridized carbons (Fsp3) is 0. The van der Waals surface area contributed by atoms with Gasteiger partial charge in [-0.25, -0.2) is 4.39 Å². The Kier molecular flexibility index (Phi) is 3.57. The molecular weight excluding hydrogens is 314 g/mol. The van der Waals surface area contributed by atoms with Crippen LogP contribution in [0.3, 0.4) is 0 Å². The van der Waals surface area contributed by atoms with Gasteiger partial charge < -0.3 is 10.3 Å².